The maximum absolute atomic E-state index is 2.53. The van der Waals surface area contributed by atoms with Crippen molar-refractivity contribution in [3.63, 3.8) is 0 Å². The van der Waals surface area contributed by atoms with Crippen molar-refractivity contribution in [3.05, 3.63) is 239 Å². The van der Waals surface area contributed by atoms with Crippen LogP contribution in [0.5, 0.6) is 0 Å². The van der Waals surface area contributed by atoms with Crippen molar-refractivity contribution in [1.82, 2.24) is 0 Å². The highest BCUT2D eigenvalue weighted by molar-refractivity contribution is 6.29. The van der Waals surface area contributed by atoms with Gasteiger partial charge in [-0.1, -0.05) is 253 Å². The second kappa shape index (κ2) is 17.0. The summed E-state index contributed by atoms with van der Waals surface area (Å²) in [6, 6.07) is 75.2. The fourth-order valence-electron chi connectivity index (χ4n) is 12.0. The maximum atomic E-state index is 2.53. The third kappa shape index (κ3) is 7.97. The van der Waals surface area contributed by atoms with Crippen LogP contribution in [0.15, 0.2) is 194 Å². The molecule has 12 rings (SSSR count). The van der Waals surface area contributed by atoms with Crippen LogP contribution in [0.3, 0.4) is 0 Å². The summed E-state index contributed by atoms with van der Waals surface area (Å²) in [4.78, 5) is 0. The highest BCUT2D eigenvalue weighted by atomic mass is 14.3. The van der Waals surface area contributed by atoms with Crippen LogP contribution in [0.1, 0.15) is 128 Å². The number of hydrogen-bond donors (Lipinski definition) is 0. The smallest absolute Gasteiger partial charge is 0.00143 e. The average molecular weight is 957 g/mol. The fraction of sp³-hybridized carbons (Fsp3) is 0.216. The monoisotopic (exact) mass is 957 g/mol. The van der Waals surface area contributed by atoms with Crippen molar-refractivity contribution in [3.8, 4) is 22.3 Å². The Bertz CT molecular complexity index is 3900. The molecule has 0 amide bonds. The summed E-state index contributed by atoms with van der Waals surface area (Å²) in [5.74, 6) is 0. The van der Waals surface area contributed by atoms with E-state index in [0.717, 1.165) is 0 Å². The molecule has 0 heterocycles. The SMILES string of the molecule is CC(C)(C)c1cc2ccc3cc(C(C)(C)C)cc4c(-c5ccccc5C(=C(c5ccccc5)c5ccccc5)c5ccccc5-c5cc6cc(C(C)(C)C)cc7ccc8cc(C(C)(C)C)cc5c8c76)cc(c1)c2c34. The lowest BCUT2D eigenvalue weighted by Crippen LogP contribution is -2.12. The maximum Gasteiger partial charge on any atom is -0.00143 e. The highest BCUT2D eigenvalue weighted by Gasteiger charge is 2.28. The van der Waals surface area contributed by atoms with Crippen LogP contribution in [0.25, 0.3) is 98.0 Å². The topological polar surface area (TPSA) is 0 Å². The van der Waals surface area contributed by atoms with E-state index in [2.05, 4.69) is 277 Å². The van der Waals surface area contributed by atoms with Gasteiger partial charge in [-0.2, -0.15) is 0 Å². The van der Waals surface area contributed by atoms with Crippen LogP contribution in [0, 0.1) is 0 Å². The summed E-state index contributed by atoms with van der Waals surface area (Å²) < 4.78 is 0. The molecule has 0 spiro atoms. The molecular formula is C74H68. The van der Waals surface area contributed by atoms with Crippen LogP contribution in [-0.4, -0.2) is 0 Å². The zero-order valence-corrected chi connectivity index (χ0v) is 45.5. The lowest BCUT2D eigenvalue weighted by Gasteiger charge is -2.27. The van der Waals surface area contributed by atoms with Crippen LogP contribution in [0.4, 0.5) is 0 Å². The van der Waals surface area contributed by atoms with Gasteiger partial charge in [-0.05, 0) is 188 Å². The lowest BCUT2D eigenvalue weighted by molar-refractivity contribution is 0.591. The van der Waals surface area contributed by atoms with E-state index in [9.17, 15) is 0 Å². The summed E-state index contributed by atoms with van der Waals surface area (Å²) in [6.07, 6.45) is 0. The average Bonchev–Trinajstić information content (AvgIpc) is 3.37. The van der Waals surface area contributed by atoms with Crippen LogP contribution in [0.2, 0.25) is 0 Å². The zero-order valence-electron chi connectivity index (χ0n) is 45.5. The molecule has 0 unspecified atom stereocenters. The normalized spacial score (nSPS) is 12.9. The van der Waals surface area contributed by atoms with E-state index in [1.807, 2.05) is 0 Å². The quantitative estimate of drug-likeness (QED) is 0.115. The Morgan fingerprint density at radius 1 is 0.243 bits per heavy atom. The Morgan fingerprint density at radius 2 is 0.541 bits per heavy atom. The van der Waals surface area contributed by atoms with E-state index in [4.69, 9.17) is 0 Å². The molecule has 0 aliphatic heterocycles. The van der Waals surface area contributed by atoms with Crippen LogP contribution in [-0.2, 0) is 21.7 Å². The van der Waals surface area contributed by atoms with Crippen molar-refractivity contribution >= 4 is 75.8 Å². The van der Waals surface area contributed by atoms with Gasteiger partial charge in [-0.3, -0.25) is 0 Å². The predicted molar refractivity (Wildman–Crippen MR) is 324 cm³/mol. The van der Waals surface area contributed by atoms with Gasteiger partial charge < -0.3 is 0 Å². The summed E-state index contributed by atoms with van der Waals surface area (Å²) in [5.41, 5.74) is 17.3. The van der Waals surface area contributed by atoms with Crippen molar-refractivity contribution < 1.29 is 0 Å². The van der Waals surface area contributed by atoms with Gasteiger partial charge in [0.05, 0.1) is 0 Å². The summed E-state index contributed by atoms with van der Waals surface area (Å²) in [5, 5.41) is 15.7. The van der Waals surface area contributed by atoms with E-state index in [0.29, 0.717) is 0 Å². The number of hydrogen-bond acceptors (Lipinski definition) is 0. The van der Waals surface area contributed by atoms with Crippen molar-refractivity contribution in [2.75, 3.05) is 0 Å². The molecule has 0 saturated heterocycles. The van der Waals surface area contributed by atoms with E-state index < -0.39 is 0 Å². The van der Waals surface area contributed by atoms with Gasteiger partial charge in [0.2, 0.25) is 0 Å². The Kier molecular flexibility index (Phi) is 10.9. The molecule has 0 fully saturated rings. The van der Waals surface area contributed by atoms with Gasteiger partial charge in [-0.25, -0.2) is 0 Å². The fourth-order valence-corrected chi connectivity index (χ4v) is 12.0. The van der Waals surface area contributed by atoms with Crippen molar-refractivity contribution in [2.24, 2.45) is 0 Å². The molecule has 0 heteroatoms. The first-order valence-electron chi connectivity index (χ1n) is 26.8. The third-order valence-electron chi connectivity index (χ3n) is 16.1. The van der Waals surface area contributed by atoms with Gasteiger partial charge in [-0.15, -0.1) is 0 Å². The van der Waals surface area contributed by atoms with E-state index in [1.54, 1.807) is 0 Å². The highest BCUT2D eigenvalue weighted by Crippen LogP contribution is 2.51. The standard InChI is InChI=1S/C74H68/c1-71(2,3)53-35-47-31-33-49-37-55(73(7,8)9)43-63-61(41-51(39-53)66(47)68(49)63)57-27-19-21-29-59(57)70(65(45-23-15-13-16-24-45)46-25-17-14-18-26-46)60-30-22-20-28-58(60)62-42-52-40-54(72(4,5)6)36-48-32-34-50-38-56(74(10,11)12)44-64(62)69(50)67(48)52/h13-44H,1-12H3. The predicted octanol–water partition coefficient (Wildman–Crippen LogP) is 21.0. The molecule has 0 radical (unpaired) electrons. The first-order chi connectivity index (χ1) is 35.2. The van der Waals surface area contributed by atoms with Crippen LogP contribution < -0.4 is 0 Å². The molecule has 0 aliphatic rings. The van der Waals surface area contributed by atoms with E-state index >= 15 is 0 Å². The Balaban J connectivity index is 1.25. The summed E-state index contributed by atoms with van der Waals surface area (Å²) in [7, 11) is 0. The molecule has 12 aromatic rings. The molecule has 364 valence electrons. The first kappa shape index (κ1) is 47.5. The molecular weight excluding hydrogens is 889 g/mol. The minimum atomic E-state index is -0.0571. The largest absolute Gasteiger partial charge is 0.0622 e. The first-order valence-corrected chi connectivity index (χ1v) is 26.8. The molecule has 0 aromatic heterocycles. The van der Waals surface area contributed by atoms with E-state index in [-0.39, 0.29) is 21.7 Å². The Hall–Kier alpha value is -7.54. The van der Waals surface area contributed by atoms with Gasteiger partial charge >= 0.3 is 0 Å². The van der Waals surface area contributed by atoms with Gasteiger partial charge in [0.15, 0.2) is 0 Å². The third-order valence-corrected chi connectivity index (χ3v) is 16.1. The number of benzene rings is 12. The van der Waals surface area contributed by atoms with Gasteiger partial charge in [0.1, 0.15) is 0 Å². The molecule has 0 aliphatic carbocycles. The lowest BCUT2D eigenvalue weighted by atomic mass is 9.76. The second-order valence-corrected chi connectivity index (χ2v) is 25.4. The van der Waals surface area contributed by atoms with Gasteiger partial charge in [0.25, 0.3) is 0 Å². The Morgan fingerprint density at radius 3 is 0.892 bits per heavy atom. The molecule has 0 bridgehead atoms. The van der Waals surface area contributed by atoms with Crippen molar-refractivity contribution in [2.45, 2.75) is 105 Å². The Labute approximate surface area is 439 Å². The minimum absolute atomic E-state index is 0.0199. The molecule has 0 N–H and O–H groups in total. The van der Waals surface area contributed by atoms with Gasteiger partial charge in [0, 0.05) is 0 Å². The van der Waals surface area contributed by atoms with Crippen LogP contribution >= 0.6 is 0 Å². The molecule has 12 aromatic carbocycles. The molecule has 0 nitrogen and oxygen atoms in total. The summed E-state index contributed by atoms with van der Waals surface area (Å²) >= 11 is 0. The second-order valence-electron chi connectivity index (χ2n) is 25.4. The minimum Gasteiger partial charge on any atom is -0.0622 e. The van der Waals surface area contributed by atoms with Crippen molar-refractivity contribution in [1.29, 1.82) is 0 Å². The summed E-state index contributed by atoms with van der Waals surface area (Å²) in [6.45, 7) is 28.1. The molecule has 0 atom stereocenters. The number of rotatable bonds is 6. The van der Waals surface area contributed by atoms with E-state index in [1.165, 1.54) is 143 Å². The molecule has 0 saturated carbocycles. The molecule has 74 heavy (non-hydrogen) atoms. The zero-order chi connectivity index (χ0) is 51.6.